The van der Waals surface area contributed by atoms with Crippen LogP contribution in [0.3, 0.4) is 0 Å². The maximum atomic E-state index is 12.9. The minimum Gasteiger partial charge on any atom is -0.379 e. The van der Waals surface area contributed by atoms with Crippen LogP contribution in [0.2, 0.25) is 0 Å². The molecule has 30 heavy (non-hydrogen) atoms. The van der Waals surface area contributed by atoms with Gasteiger partial charge >= 0.3 is 0 Å². The number of hydrogen-bond acceptors (Lipinski definition) is 6. The molecule has 9 nitrogen and oxygen atoms in total. The average molecular weight is 441 g/mol. The van der Waals surface area contributed by atoms with Crippen LogP contribution >= 0.6 is 0 Å². The summed E-state index contributed by atoms with van der Waals surface area (Å²) in [6, 6.07) is 8.57. The molecule has 1 atom stereocenters. The molecule has 0 radical (unpaired) electrons. The number of rotatable bonds is 10. The van der Waals surface area contributed by atoms with Crippen molar-refractivity contribution in [2.24, 2.45) is 0 Å². The molecular weight excluding hydrogens is 408 g/mol. The lowest BCUT2D eigenvalue weighted by Crippen LogP contribution is -2.51. The maximum Gasteiger partial charge on any atom is 0.242 e. The van der Waals surface area contributed by atoms with Gasteiger partial charge in [0.1, 0.15) is 6.04 Å². The first-order chi connectivity index (χ1) is 14.2. The van der Waals surface area contributed by atoms with Gasteiger partial charge in [-0.3, -0.25) is 14.5 Å². The SMILES string of the molecule is C[C@@H](C(=O)NCCN1CCOCC1)N(Cc1ccccc1)C(=O)CN(C)S(C)(=O)=O. The summed E-state index contributed by atoms with van der Waals surface area (Å²) in [6.45, 7) is 5.79. The van der Waals surface area contributed by atoms with Crippen molar-refractivity contribution in [2.75, 3.05) is 59.2 Å². The topological polar surface area (TPSA) is 99.3 Å². The molecule has 10 heteroatoms. The highest BCUT2D eigenvalue weighted by molar-refractivity contribution is 7.88. The Morgan fingerprint density at radius 2 is 1.83 bits per heavy atom. The monoisotopic (exact) mass is 440 g/mol. The van der Waals surface area contributed by atoms with Crippen molar-refractivity contribution in [2.45, 2.75) is 19.5 Å². The highest BCUT2D eigenvalue weighted by atomic mass is 32.2. The zero-order valence-corrected chi connectivity index (χ0v) is 18.7. The molecule has 1 N–H and O–H groups in total. The normalized spacial score (nSPS) is 16.3. The van der Waals surface area contributed by atoms with E-state index in [1.165, 1.54) is 11.9 Å². The fraction of sp³-hybridized carbons (Fsp3) is 0.600. The minimum absolute atomic E-state index is 0.218. The van der Waals surface area contributed by atoms with Crippen LogP contribution < -0.4 is 5.32 Å². The Labute approximate surface area is 179 Å². The fourth-order valence-corrected chi connectivity index (χ4v) is 3.42. The molecule has 1 saturated heterocycles. The third-order valence-electron chi connectivity index (χ3n) is 5.12. The Morgan fingerprint density at radius 1 is 1.20 bits per heavy atom. The summed E-state index contributed by atoms with van der Waals surface area (Å²) < 4.78 is 29.7. The highest BCUT2D eigenvalue weighted by Gasteiger charge is 2.28. The smallest absolute Gasteiger partial charge is 0.242 e. The first kappa shape index (κ1) is 24.3. The van der Waals surface area contributed by atoms with Crippen molar-refractivity contribution in [1.29, 1.82) is 0 Å². The van der Waals surface area contributed by atoms with E-state index in [0.29, 0.717) is 26.3 Å². The summed E-state index contributed by atoms with van der Waals surface area (Å²) in [5, 5.41) is 2.89. The summed E-state index contributed by atoms with van der Waals surface area (Å²) in [5.41, 5.74) is 0.862. The van der Waals surface area contributed by atoms with Crippen LogP contribution in [0.5, 0.6) is 0 Å². The van der Waals surface area contributed by atoms with Gasteiger partial charge in [-0.05, 0) is 12.5 Å². The number of morpholine rings is 1. The molecule has 1 aliphatic heterocycles. The zero-order valence-electron chi connectivity index (χ0n) is 17.9. The van der Waals surface area contributed by atoms with Gasteiger partial charge in [-0.1, -0.05) is 30.3 Å². The number of sulfonamides is 1. The van der Waals surface area contributed by atoms with Gasteiger partial charge in [0.2, 0.25) is 21.8 Å². The first-order valence-corrected chi connectivity index (χ1v) is 11.9. The Kier molecular flexibility index (Phi) is 9.22. The molecule has 1 fully saturated rings. The standard InChI is InChI=1S/C20H32N4O5S/c1-17(20(26)21-9-10-23-11-13-29-14-12-23)24(15-18-7-5-4-6-8-18)19(25)16-22(2)30(3,27)28/h4-8,17H,9-16H2,1-3H3,(H,21,26)/t17-/m0/s1. The lowest BCUT2D eigenvalue weighted by atomic mass is 10.1. The summed E-state index contributed by atoms with van der Waals surface area (Å²) in [4.78, 5) is 29.2. The van der Waals surface area contributed by atoms with Crippen molar-refractivity contribution < 1.29 is 22.7 Å². The number of carbonyl (C=O) groups excluding carboxylic acids is 2. The summed E-state index contributed by atoms with van der Waals surface area (Å²) >= 11 is 0. The van der Waals surface area contributed by atoms with Crippen LogP contribution in [0.4, 0.5) is 0 Å². The van der Waals surface area contributed by atoms with Crippen LogP contribution in [0.25, 0.3) is 0 Å². The average Bonchev–Trinajstić information content (AvgIpc) is 2.72. The lowest BCUT2D eigenvalue weighted by molar-refractivity contribution is -0.140. The van der Waals surface area contributed by atoms with E-state index in [9.17, 15) is 18.0 Å². The lowest BCUT2D eigenvalue weighted by Gasteiger charge is -2.31. The zero-order chi connectivity index (χ0) is 22.1. The van der Waals surface area contributed by atoms with Crippen molar-refractivity contribution in [3.05, 3.63) is 35.9 Å². The predicted octanol–water partition coefficient (Wildman–Crippen LogP) is -0.256. The molecule has 1 aliphatic rings. The van der Waals surface area contributed by atoms with Crippen LogP contribution in [0.15, 0.2) is 30.3 Å². The van der Waals surface area contributed by atoms with Crippen LogP contribution in [-0.2, 0) is 30.9 Å². The van der Waals surface area contributed by atoms with Crippen molar-refractivity contribution in [3.8, 4) is 0 Å². The maximum absolute atomic E-state index is 12.9. The Hall–Kier alpha value is -2.01. The number of amides is 2. The quantitative estimate of drug-likeness (QED) is 0.538. The molecule has 0 unspecified atom stereocenters. The molecular formula is C20H32N4O5S. The van der Waals surface area contributed by atoms with E-state index in [0.717, 1.165) is 29.2 Å². The Morgan fingerprint density at radius 3 is 2.43 bits per heavy atom. The molecule has 0 aliphatic carbocycles. The van der Waals surface area contributed by atoms with Crippen molar-refractivity contribution in [3.63, 3.8) is 0 Å². The molecule has 168 valence electrons. The fourth-order valence-electron chi connectivity index (χ4n) is 3.07. The number of hydrogen-bond donors (Lipinski definition) is 1. The third kappa shape index (κ3) is 7.67. The van der Waals surface area contributed by atoms with Gasteiger partial charge in [-0.2, -0.15) is 4.31 Å². The van der Waals surface area contributed by atoms with E-state index in [1.807, 2.05) is 30.3 Å². The number of ether oxygens (including phenoxy) is 1. The third-order valence-corrected chi connectivity index (χ3v) is 6.38. The van der Waals surface area contributed by atoms with Crippen molar-refractivity contribution in [1.82, 2.24) is 19.4 Å². The van der Waals surface area contributed by atoms with E-state index in [1.54, 1.807) is 6.92 Å². The predicted molar refractivity (Wildman–Crippen MR) is 114 cm³/mol. The number of nitrogens with zero attached hydrogens (tertiary/aromatic N) is 3. The second-order valence-electron chi connectivity index (χ2n) is 7.45. The van der Waals surface area contributed by atoms with E-state index < -0.39 is 22.0 Å². The van der Waals surface area contributed by atoms with E-state index >= 15 is 0 Å². The second-order valence-corrected chi connectivity index (χ2v) is 9.54. The van der Waals surface area contributed by atoms with Gasteiger partial charge in [0, 0.05) is 39.8 Å². The first-order valence-electron chi connectivity index (χ1n) is 10.0. The molecule has 0 aromatic heterocycles. The van der Waals surface area contributed by atoms with Gasteiger partial charge in [0.05, 0.1) is 26.0 Å². The van der Waals surface area contributed by atoms with Gasteiger partial charge in [-0.25, -0.2) is 8.42 Å². The highest BCUT2D eigenvalue weighted by Crippen LogP contribution is 2.11. The summed E-state index contributed by atoms with van der Waals surface area (Å²) in [7, 11) is -2.16. The van der Waals surface area contributed by atoms with Crippen LogP contribution in [-0.4, -0.2) is 99.6 Å². The minimum atomic E-state index is -3.51. The molecule has 0 bridgehead atoms. The molecule has 2 amide bonds. The molecule has 0 spiro atoms. The molecule has 1 aromatic rings. The number of benzene rings is 1. The van der Waals surface area contributed by atoms with Crippen LogP contribution in [0, 0.1) is 0 Å². The second kappa shape index (κ2) is 11.4. The van der Waals surface area contributed by atoms with Crippen molar-refractivity contribution >= 4 is 21.8 Å². The molecule has 2 rings (SSSR count). The molecule has 0 saturated carbocycles. The Bertz CT molecular complexity index is 797. The van der Waals surface area contributed by atoms with Gasteiger partial charge in [0.25, 0.3) is 0 Å². The van der Waals surface area contributed by atoms with E-state index in [4.69, 9.17) is 4.74 Å². The van der Waals surface area contributed by atoms with E-state index in [2.05, 4.69) is 10.2 Å². The summed E-state index contributed by atoms with van der Waals surface area (Å²) in [5.74, 6) is -0.697. The number of carbonyl (C=O) groups is 2. The largest absolute Gasteiger partial charge is 0.379 e. The van der Waals surface area contributed by atoms with E-state index in [-0.39, 0.29) is 19.0 Å². The van der Waals surface area contributed by atoms with Gasteiger partial charge < -0.3 is 15.0 Å². The summed E-state index contributed by atoms with van der Waals surface area (Å²) in [6.07, 6.45) is 1.05. The van der Waals surface area contributed by atoms with Gasteiger partial charge in [-0.15, -0.1) is 0 Å². The Balaban J connectivity index is 2.01. The number of likely N-dealkylation sites (N-methyl/N-ethyl adjacent to an activating group) is 1. The number of nitrogens with one attached hydrogen (secondary N) is 1. The van der Waals surface area contributed by atoms with Gasteiger partial charge in [0.15, 0.2) is 0 Å². The molecule has 1 heterocycles. The molecule has 1 aromatic carbocycles. The van der Waals surface area contributed by atoms with Crippen LogP contribution in [0.1, 0.15) is 12.5 Å².